The third-order valence-electron chi connectivity index (χ3n) is 2.38. The van der Waals surface area contributed by atoms with Crippen LogP contribution in [0.1, 0.15) is 24.2 Å². The van der Waals surface area contributed by atoms with Crippen molar-refractivity contribution in [1.82, 2.24) is 0 Å². The average molecular weight is 302 g/mol. The Kier molecular flexibility index (Phi) is 4.65. The number of hydrogen-bond acceptors (Lipinski definition) is 7. The van der Waals surface area contributed by atoms with Crippen molar-refractivity contribution in [2.45, 2.75) is 13.8 Å². The molecule has 1 aromatic rings. The van der Waals surface area contributed by atoms with Crippen LogP contribution in [0.15, 0.2) is 18.2 Å². The van der Waals surface area contributed by atoms with Crippen LogP contribution in [-0.2, 0) is 18.1 Å². The zero-order chi connectivity index (χ0) is 14.6. The Balaban J connectivity index is 2.12. The molecule has 0 amide bonds. The molecule has 110 valence electrons. The van der Waals surface area contributed by atoms with Gasteiger partial charge in [0.15, 0.2) is 11.5 Å². The topological polar surface area (TPSA) is 80.3 Å². The molecule has 0 saturated heterocycles. The van der Waals surface area contributed by atoms with E-state index in [2.05, 4.69) is 0 Å². The minimum Gasteiger partial charge on any atom is -0.454 e. The van der Waals surface area contributed by atoms with Gasteiger partial charge in [0, 0.05) is 0 Å². The van der Waals surface area contributed by atoms with E-state index >= 15 is 0 Å². The highest BCUT2D eigenvalue weighted by atomic mass is 31.2. The molecule has 1 aliphatic heterocycles. The Morgan fingerprint density at radius 3 is 2.50 bits per heavy atom. The van der Waals surface area contributed by atoms with Crippen molar-refractivity contribution >= 4 is 13.8 Å². The Morgan fingerprint density at radius 2 is 1.85 bits per heavy atom. The van der Waals surface area contributed by atoms with Gasteiger partial charge in [-0.15, -0.1) is 0 Å². The summed E-state index contributed by atoms with van der Waals surface area (Å²) in [6, 6.07) is 4.51. The third-order valence-corrected chi connectivity index (χ3v) is 3.92. The summed E-state index contributed by atoms with van der Waals surface area (Å²) in [5.41, 5.74) is 0.175. The fourth-order valence-corrected chi connectivity index (χ4v) is 2.70. The smallest absolute Gasteiger partial charge is 0.454 e. The van der Waals surface area contributed by atoms with Gasteiger partial charge < -0.3 is 14.0 Å². The highest BCUT2D eigenvalue weighted by molar-refractivity contribution is 7.49. The molecule has 0 N–H and O–H groups in total. The molecule has 1 aliphatic rings. The molecular weight excluding hydrogens is 287 g/mol. The van der Waals surface area contributed by atoms with Crippen molar-refractivity contribution in [3.8, 4) is 11.5 Å². The van der Waals surface area contributed by atoms with E-state index in [9.17, 15) is 9.36 Å². The van der Waals surface area contributed by atoms with Crippen LogP contribution < -0.4 is 9.47 Å². The molecule has 1 heterocycles. The SMILES string of the molecule is CCOP(=O)(OCC)OC(=O)c1ccc2c(c1)OCO2. The molecule has 8 heteroatoms. The maximum absolute atomic E-state index is 12.1. The molecule has 0 aromatic heterocycles. The van der Waals surface area contributed by atoms with Gasteiger partial charge in [-0.25, -0.2) is 9.36 Å². The maximum Gasteiger partial charge on any atom is 0.532 e. The fraction of sp³-hybridized carbons (Fsp3) is 0.417. The fourth-order valence-electron chi connectivity index (χ4n) is 1.58. The van der Waals surface area contributed by atoms with Gasteiger partial charge in [0.2, 0.25) is 6.79 Å². The second-order valence-electron chi connectivity index (χ2n) is 3.73. The summed E-state index contributed by atoms with van der Waals surface area (Å²) in [6.07, 6.45) is 0. The van der Waals surface area contributed by atoms with Crippen LogP contribution in [0.4, 0.5) is 0 Å². The van der Waals surface area contributed by atoms with Crippen molar-refractivity contribution in [2.75, 3.05) is 20.0 Å². The number of carbonyl (C=O) groups is 1. The van der Waals surface area contributed by atoms with E-state index in [1.165, 1.54) is 12.1 Å². The van der Waals surface area contributed by atoms with Crippen molar-refractivity contribution in [2.24, 2.45) is 0 Å². The molecule has 1 aromatic carbocycles. The van der Waals surface area contributed by atoms with Crippen LogP contribution in [0.25, 0.3) is 0 Å². The number of hydrogen-bond donors (Lipinski definition) is 0. The van der Waals surface area contributed by atoms with E-state index in [1.807, 2.05) is 0 Å². The molecule has 0 aliphatic carbocycles. The molecule has 0 atom stereocenters. The van der Waals surface area contributed by atoms with E-state index < -0.39 is 13.8 Å². The monoisotopic (exact) mass is 302 g/mol. The van der Waals surface area contributed by atoms with Gasteiger partial charge in [-0.2, -0.15) is 0 Å². The van der Waals surface area contributed by atoms with E-state index in [4.69, 9.17) is 23.0 Å². The predicted octanol–water partition coefficient (Wildman–Crippen LogP) is 2.75. The Bertz CT molecular complexity index is 533. The Labute approximate surface area is 116 Å². The highest BCUT2D eigenvalue weighted by Crippen LogP contribution is 2.50. The number of ether oxygens (including phenoxy) is 2. The number of rotatable bonds is 6. The second-order valence-corrected chi connectivity index (χ2v) is 5.32. The first-order chi connectivity index (χ1) is 9.58. The molecule has 0 bridgehead atoms. The third kappa shape index (κ3) is 3.30. The summed E-state index contributed by atoms with van der Waals surface area (Å²) in [4.78, 5) is 12.0. The normalized spacial score (nSPS) is 13.3. The summed E-state index contributed by atoms with van der Waals surface area (Å²) >= 11 is 0. The van der Waals surface area contributed by atoms with Gasteiger partial charge in [-0.1, -0.05) is 0 Å². The quantitative estimate of drug-likeness (QED) is 0.747. The lowest BCUT2D eigenvalue weighted by molar-refractivity contribution is 0.0605. The molecule has 0 spiro atoms. The van der Waals surface area contributed by atoms with Crippen LogP contribution >= 0.6 is 7.82 Å². The molecule has 2 rings (SSSR count). The number of carbonyl (C=O) groups excluding carboxylic acids is 1. The molecule has 0 fully saturated rings. The molecule has 0 unspecified atom stereocenters. The van der Waals surface area contributed by atoms with Crippen LogP contribution in [0.2, 0.25) is 0 Å². The lowest BCUT2D eigenvalue weighted by Crippen LogP contribution is -2.07. The lowest BCUT2D eigenvalue weighted by Gasteiger charge is -2.15. The second kappa shape index (κ2) is 6.26. The molecule has 0 saturated carbocycles. The maximum atomic E-state index is 12.1. The lowest BCUT2D eigenvalue weighted by atomic mass is 10.2. The first-order valence-electron chi connectivity index (χ1n) is 6.10. The molecule has 0 radical (unpaired) electrons. The van der Waals surface area contributed by atoms with Gasteiger partial charge in [-0.3, -0.25) is 9.05 Å². The van der Waals surface area contributed by atoms with Crippen LogP contribution in [-0.4, -0.2) is 26.0 Å². The Hall–Kier alpha value is -1.56. The van der Waals surface area contributed by atoms with Gasteiger partial charge in [-0.05, 0) is 32.0 Å². The zero-order valence-corrected chi connectivity index (χ0v) is 12.1. The Morgan fingerprint density at radius 1 is 1.20 bits per heavy atom. The molecule has 20 heavy (non-hydrogen) atoms. The molecular formula is C12H15O7P. The minimum absolute atomic E-state index is 0.101. The van der Waals surface area contributed by atoms with Crippen molar-refractivity contribution < 1.29 is 32.4 Å². The van der Waals surface area contributed by atoms with E-state index in [1.54, 1.807) is 19.9 Å². The largest absolute Gasteiger partial charge is 0.532 e. The summed E-state index contributed by atoms with van der Waals surface area (Å²) in [6.45, 7) is 3.56. The highest BCUT2D eigenvalue weighted by Gasteiger charge is 2.31. The molecule has 7 nitrogen and oxygen atoms in total. The van der Waals surface area contributed by atoms with E-state index in [0.717, 1.165) is 0 Å². The summed E-state index contributed by atoms with van der Waals surface area (Å²) in [5.74, 6) is 0.162. The summed E-state index contributed by atoms with van der Waals surface area (Å²) < 4.78 is 37.0. The average Bonchev–Trinajstić information content (AvgIpc) is 2.85. The number of phosphoric acid groups is 1. The first kappa shape index (κ1) is 14.8. The minimum atomic E-state index is -3.88. The van der Waals surface area contributed by atoms with Gasteiger partial charge in [0.1, 0.15) is 0 Å². The zero-order valence-electron chi connectivity index (χ0n) is 11.2. The van der Waals surface area contributed by atoms with Crippen molar-refractivity contribution in [1.29, 1.82) is 0 Å². The van der Waals surface area contributed by atoms with Crippen molar-refractivity contribution in [3.63, 3.8) is 0 Å². The number of phosphoric ester groups is 1. The number of fused-ring (bicyclic) bond motifs is 1. The summed E-state index contributed by atoms with van der Waals surface area (Å²) in [5, 5.41) is 0. The summed E-state index contributed by atoms with van der Waals surface area (Å²) in [7, 11) is -3.88. The van der Waals surface area contributed by atoms with Crippen LogP contribution in [0.5, 0.6) is 11.5 Å². The first-order valence-corrected chi connectivity index (χ1v) is 7.56. The standard InChI is InChI=1S/C12H15O7P/c1-3-17-20(14,18-4-2)19-12(13)9-5-6-10-11(7-9)16-8-15-10/h5-7H,3-4,8H2,1-2H3. The van der Waals surface area contributed by atoms with Gasteiger partial charge in [0.05, 0.1) is 18.8 Å². The number of benzene rings is 1. The van der Waals surface area contributed by atoms with E-state index in [0.29, 0.717) is 11.5 Å². The van der Waals surface area contributed by atoms with Crippen LogP contribution in [0.3, 0.4) is 0 Å². The predicted molar refractivity (Wildman–Crippen MR) is 68.8 cm³/mol. The van der Waals surface area contributed by atoms with E-state index in [-0.39, 0.29) is 25.6 Å². The van der Waals surface area contributed by atoms with Gasteiger partial charge in [0.25, 0.3) is 0 Å². The van der Waals surface area contributed by atoms with Gasteiger partial charge >= 0.3 is 13.8 Å². The van der Waals surface area contributed by atoms with Crippen LogP contribution in [0, 0.1) is 0 Å². The van der Waals surface area contributed by atoms with Crippen molar-refractivity contribution in [3.05, 3.63) is 23.8 Å².